The van der Waals surface area contributed by atoms with E-state index in [0.717, 1.165) is 0 Å². The van der Waals surface area contributed by atoms with Gasteiger partial charge in [-0.15, -0.1) is 0 Å². The molecule has 0 unspecified atom stereocenters. The first-order valence-electron chi connectivity index (χ1n) is 3.06. The summed E-state index contributed by atoms with van der Waals surface area (Å²) in [5.41, 5.74) is 0.0948. The molecule has 0 bridgehead atoms. The van der Waals surface area contributed by atoms with Crippen molar-refractivity contribution in [3.8, 4) is 0 Å². The highest BCUT2D eigenvalue weighted by molar-refractivity contribution is 6.02. The van der Waals surface area contributed by atoms with Gasteiger partial charge in [0.05, 0.1) is 0 Å². The van der Waals surface area contributed by atoms with Crippen LogP contribution in [0.4, 0.5) is 4.79 Å². The first kappa shape index (κ1) is 8.12. The number of amidine groups is 1. The maximum atomic E-state index is 10.1. The lowest BCUT2D eigenvalue weighted by atomic mass is 10.4. The van der Waals surface area contributed by atoms with Gasteiger partial charge >= 0.3 is 6.09 Å². The minimum Gasteiger partial charge on any atom is -0.465 e. The van der Waals surface area contributed by atoms with Crippen molar-refractivity contribution in [1.82, 2.24) is 10.0 Å². The summed E-state index contributed by atoms with van der Waals surface area (Å²) in [4.78, 5) is 10.1. The highest BCUT2D eigenvalue weighted by Gasteiger charge is 2.08. The van der Waals surface area contributed by atoms with Gasteiger partial charge in [0.2, 0.25) is 0 Å². The molecular weight excluding hydrogens is 162 g/mol. The first-order valence-corrected chi connectivity index (χ1v) is 3.06. The smallest absolute Gasteiger partial charge is 0.410 e. The summed E-state index contributed by atoms with van der Waals surface area (Å²) in [5, 5.41) is 26.2. The number of amides is 1. The van der Waals surface area contributed by atoms with Crippen LogP contribution in [0.2, 0.25) is 0 Å². The molecule has 1 rings (SSSR count). The highest BCUT2D eigenvalue weighted by Crippen LogP contribution is 1.97. The third-order valence-corrected chi connectivity index (χ3v) is 1.22. The van der Waals surface area contributed by atoms with E-state index in [0.29, 0.717) is 4.73 Å². The Labute approximate surface area is 67.5 Å². The van der Waals surface area contributed by atoms with Crippen LogP contribution in [0.1, 0.15) is 5.69 Å². The van der Waals surface area contributed by atoms with Gasteiger partial charge in [0.25, 0.3) is 0 Å². The van der Waals surface area contributed by atoms with Crippen molar-refractivity contribution in [2.24, 2.45) is 0 Å². The standard InChI is InChI=1S/C6H7N3O3/c7-5(8-6(10)11)4-2-1-3-9(4)12/h1-3,12H,(H2,7,8)(H,10,11). The van der Waals surface area contributed by atoms with Gasteiger partial charge in [-0.3, -0.25) is 10.7 Å². The van der Waals surface area contributed by atoms with Crippen LogP contribution in [0, 0.1) is 5.41 Å². The number of nitrogens with one attached hydrogen (secondary N) is 2. The highest BCUT2D eigenvalue weighted by atomic mass is 16.5. The molecule has 1 heterocycles. The molecule has 0 atom stereocenters. The molecule has 0 radical (unpaired) electrons. The second kappa shape index (κ2) is 2.95. The van der Waals surface area contributed by atoms with E-state index in [1.807, 2.05) is 0 Å². The van der Waals surface area contributed by atoms with Gasteiger partial charge in [-0.25, -0.2) is 4.79 Å². The number of aromatic nitrogens is 1. The molecule has 0 aliphatic rings. The molecule has 6 heteroatoms. The third kappa shape index (κ3) is 1.54. The Morgan fingerprint density at radius 3 is 2.75 bits per heavy atom. The van der Waals surface area contributed by atoms with Crippen molar-refractivity contribution in [3.05, 3.63) is 24.0 Å². The molecule has 4 N–H and O–H groups in total. The molecule has 12 heavy (non-hydrogen) atoms. The van der Waals surface area contributed by atoms with Crippen molar-refractivity contribution < 1.29 is 15.1 Å². The Balaban J connectivity index is 2.78. The quantitative estimate of drug-likeness (QED) is 0.277. The average Bonchev–Trinajstić information content (AvgIpc) is 2.33. The Hall–Kier alpha value is -1.98. The predicted molar refractivity (Wildman–Crippen MR) is 39.6 cm³/mol. The normalized spacial score (nSPS) is 9.33. The number of hydrogen-bond donors (Lipinski definition) is 4. The van der Waals surface area contributed by atoms with Crippen LogP contribution in [-0.2, 0) is 0 Å². The summed E-state index contributed by atoms with van der Waals surface area (Å²) in [6.07, 6.45) is -0.0332. The molecule has 1 amide bonds. The summed E-state index contributed by atoms with van der Waals surface area (Å²) in [6, 6.07) is 2.91. The Kier molecular flexibility index (Phi) is 2.00. The fourth-order valence-electron chi connectivity index (χ4n) is 0.741. The molecule has 0 saturated carbocycles. The minimum absolute atomic E-state index is 0.0948. The van der Waals surface area contributed by atoms with Crippen LogP contribution in [0.25, 0.3) is 0 Å². The monoisotopic (exact) mass is 169 g/mol. The SMILES string of the molecule is N=C(NC(=O)O)c1cccn1O. The molecule has 0 aliphatic carbocycles. The fraction of sp³-hybridized carbons (Fsp3) is 0. The van der Waals surface area contributed by atoms with Crippen LogP contribution in [0.15, 0.2) is 18.3 Å². The van der Waals surface area contributed by atoms with E-state index in [1.54, 1.807) is 5.32 Å². The fourth-order valence-corrected chi connectivity index (χ4v) is 0.741. The molecule has 1 aromatic rings. The largest absolute Gasteiger partial charge is 0.465 e. The van der Waals surface area contributed by atoms with E-state index in [-0.39, 0.29) is 11.5 Å². The van der Waals surface area contributed by atoms with Gasteiger partial charge in [-0.05, 0) is 12.1 Å². The van der Waals surface area contributed by atoms with Gasteiger partial charge in [0.15, 0.2) is 5.84 Å². The lowest BCUT2D eigenvalue weighted by molar-refractivity contribution is 0.184. The summed E-state index contributed by atoms with van der Waals surface area (Å²) in [6.45, 7) is 0. The van der Waals surface area contributed by atoms with Crippen molar-refractivity contribution in [2.45, 2.75) is 0 Å². The van der Waals surface area contributed by atoms with E-state index in [2.05, 4.69) is 0 Å². The van der Waals surface area contributed by atoms with Crippen LogP contribution in [0.5, 0.6) is 0 Å². The minimum atomic E-state index is -1.33. The van der Waals surface area contributed by atoms with Crippen LogP contribution in [-0.4, -0.2) is 27.0 Å². The van der Waals surface area contributed by atoms with E-state index < -0.39 is 6.09 Å². The van der Waals surface area contributed by atoms with E-state index >= 15 is 0 Å². The van der Waals surface area contributed by atoms with E-state index in [4.69, 9.17) is 15.7 Å². The van der Waals surface area contributed by atoms with Gasteiger partial charge < -0.3 is 10.3 Å². The van der Waals surface area contributed by atoms with Crippen LogP contribution < -0.4 is 5.32 Å². The lowest BCUT2D eigenvalue weighted by Gasteiger charge is -2.02. The van der Waals surface area contributed by atoms with Crippen molar-refractivity contribution in [3.63, 3.8) is 0 Å². The van der Waals surface area contributed by atoms with E-state index in [9.17, 15) is 4.79 Å². The number of nitrogens with zero attached hydrogens (tertiary/aromatic N) is 1. The summed E-state index contributed by atoms with van der Waals surface area (Å²) in [7, 11) is 0. The summed E-state index contributed by atoms with van der Waals surface area (Å²) < 4.78 is 0.665. The third-order valence-electron chi connectivity index (χ3n) is 1.22. The molecule has 0 spiro atoms. The number of carboxylic acid groups (broad SMARTS) is 1. The van der Waals surface area contributed by atoms with E-state index in [1.165, 1.54) is 18.3 Å². The molecule has 6 nitrogen and oxygen atoms in total. The molecule has 0 aliphatic heterocycles. The maximum absolute atomic E-state index is 10.1. The second-order valence-corrected chi connectivity index (χ2v) is 2.04. The second-order valence-electron chi connectivity index (χ2n) is 2.04. The van der Waals surface area contributed by atoms with Gasteiger partial charge in [0.1, 0.15) is 5.69 Å². The molecule has 0 saturated heterocycles. The topological polar surface area (TPSA) is 98.3 Å². The summed E-state index contributed by atoms with van der Waals surface area (Å²) >= 11 is 0. The van der Waals surface area contributed by atoms with Crippen molar-refractivity contribution in [1.29, 1.82) is 5.41 Å². The Morgan fingerprint density at radius 1 is 1.67 bits per heavy atom. The number of carbonyl (C=O) groups is 1. The van der Waals surface area contributed by atoms with Crippen molar-refractivity contribution >= 4 is 11.9 Å². The molecule has 1 aromatic heterocycles. The number of hydrogen-bond acceptors (Lipinski definition) is 3. The molecule has 0 fully saturated rings. The maximum Gasteiger partial charge on any atom is 0.410 e. The number of rotatable bonds is 1. The van der Waals surface area contributed by atoms with Gasteiger partial charge in [-0.2, -0.15) is 4.73 Å². The van der Waals surface area contributed by atoms with Gasteiger partial charge in [0, 0.05) is 6.20 Å². The molecule has 64 valence electrons. The van der Waals surface area contributed by atoms with Crippen LogP contribution >= 0.6 is 0 Å². The first-order chi connectivity index (χ1) is 5.61. The Bertz CT molecular complexity index is 318. The molecule has 0 aromatic carbocycles. The van der Waals surface area contributed by atoms with Crippen molar-refractivity contribution in [2.75, 3.05) is 0 Å². The average molecular weight is 169 g/mol. The Morgan fingerprint density at radius 2 is 2.33 bits per heavy atom. The summed E-state index contributed by atoms with van der Waals surface area (Å²) in [5.74, 6) is -0.366. The molecular formula is C6H7N3O3. The van der Waals surface area contributed by atoms with Crippen LogP contribution in [0.3, 0.4) is 0 Å². The van der Waals surface area contributed by atoms with Gasteiger partial charge in [-0.1, -0.05) is 0 Å². The predicted octanol–water partition coefficient (Wildman–Crippen LogP) is 0.318. The zero-order valence-corrected chi connectivity index (χ0v) is 5.98. The zero-order chi connectivity index (χ0) is 9.14. The zero-order valence-electron chi connectivity index (χ0n) is 5.98. The lowest BCUT2D eigenvalue weighted by Crippen LogP contribution is -2.30.